The molecule has 0 radical (unpaired) electrons. The molecule has 2 aliphatic rings. The summed E-state index contributed by atoms with van der Waals surface area (Å²) in [6.07, 6.45) is -0.0346. The fourth-order valence-electron chi connectivity index (χ4n) is 2.62. The first-order chi connectivity index (χ1) is 12.3. The molecule has 2 aliphatic heterocycles. The molecule has 0 aromatic heterocycles. The van der Waals surface area contributed by atoms with Crippen LogP contribution in [0.5, 0.6) is 11.5 Å². The number of carbonyl (C=O) groups excluding carboxylic acids is 3. The molecule has 0 bridgehead atoms. The van der Waals surface area contributed by atoms with Crippen molar-refractivity contribution in [3.63, 3.8) is 0 Å². The molecule has 2 heterocycles. The van der Waals surface area contributed by atoms with Crippen molar-refractivity contribution in [2.75, 3.05) is 13.3 Å². The summed E-state index contributed by atoms with van der Waals surface area (Å²) in [5, 5.41) is 6.61. The summed E-state index contributed by atoms with van der Waals surface area (Å²) >= 11 is 0. The van der Waals surface area contributed by atoms with E-state index in [1.165, 1.54) is 0 Å². The highest BCUT2D eigenvalue weighted by molar-refractivity contribution is 6.06. The summed E-state index contributed by atoms with van der Waals surface area (Å²) < 4.78 is 10.6. The maximum absolute atomic E-state index is 12.1. The normalized spacial score (nSPS) is 18.1. The third-order valence-electron chi connectivity index (χ3n) is 4.15. The van der Waals surface area contributed by atoms with Crippen LogP contribution in [-0.2, 0) is 9.59 Å². The summed E-state index contributed by atoms with van der Waals surface area (Å²) in [6, 6.07) is 4.88. The van der Waals surface area contributed by atoms with Crippen LogP contribution in [0.25, 0.3) is 0 Å². The second-order valence-electron chi connectivity index (χ2n) is 6.56. The predicted molar refractivity (Wildman–Crippen MR) is 91.9 cm³/mol. The number of fused-ring (bicyclic) bond motifs is 1. The van der Waals surface area contributed by atoms with Crippen molar-refractivity contribution in [1.82, 2.24) is 15.6 Å². The van der Waals surface area contributed by atoms with Gasteiger partial charge >= 0.3 is 6.03 Å². The van der Waals surface area contributed by atoms with Crippen LogP contribution >= 0.6 is 0 Å². The quantitative estimate of drug-likeness (QED) is 0.462. The zero-order chi connectivity index (χ0) is 18.9. The molecule has 0 aliphatic carbocycles. The number of hydrogen-bond acceptors (Lipinski definition) is 6. The van der Waals surface area contributed by atoms with Crippen LogP contribution in [0.2, 0.25) is 0 Å². The van der Waals surface area contributed by atoms with Gasteiger partial charge in [0.25, 0.3) is 5.91 Å². The lowest BCUT2D eigenvalue weighted by molar-refractivity contribution is -0.130. The van der Waals surface area contributed by atoms with Gasteiger partial charge in [0.1, 0.15) is 5.54 Å². The van der Waals surface area contributed by atoms with Crippen LogP contribution in [0.1, 0.15) is 32.8 Å². The lowest BCUT2D eigenvalue weighted by Crippen LogP contribution is -2.40. The molecule has 3 rings (SSSR count). The van der Waals surface area contributed by atoms with Gasteiger partial charge in [-0.2, -0.15) is 5.10 Å². The number of hydrazone groups is 1. The second-order valence-corrected chi connectivity index (χ2v) is 6.56. The maximum atomic E-state index is 12.1. The lowest BCUT2D eigenvalue weighted by atomic mass is 10.1. The highest BCUT2D eigenvalue weighted by atomic mass is 16.7. The van der Waals surface area contributed by atoms with Crippen molar-refractivity contribution in [1.29, 1.82) is 0 Å². The van der Waals surface area contributed by atoms with E-state index in [9.17, 15) is 14.4 Å². The molecule has 0 unspecified atom stereocenters. The van der Waals surface area contributed by atoms with E-state index >= 15 is 0 Å². The molecule has 1 fully saturated rings. The SMILES string of the molecule is C/C(=N/NC(=O)CCN1C(=O)NC(C)(C)C1=O)c1ccc2c(c1)OCO2. The smallest absolute Gasteiger partial charge is 0.325 e. The maximum Gasteiger partial charge on any atom is 0.325 e. The van der Waals surface area contributed by atoms with Crippen molar-refractivity contribution >= 4 is 23.6 Å². The number of imide groups is 1. The van der Waals surface area contributed by atoms with E-state index in [1.807, 2.05) is 6.07 Å². The molecule has 1 aromatic rings. The zero-order valence-electron chi connectivity index (χ0n) is 14.8. The lowest BCUT2D eigenvalue weighted by Gasteiger charge is -2.15. The molecule has 0 spiro atoms. The van der Waals surface area contributed by atoms with Gasteiger partial charge in [-0.15, -0.1) is 0 Å². The van der Waals surface area contributed by atoms with Crippen molar-refractivity contribution < 1.29 is 23.9 Å². The van der Waals surface area contributed by atoms with Crippen molar-refractivity contribution in [3.05, 3.63) is 23.8 Å². The minimum absolute atomic E-state index is 0.00147. The Kier molecular flexibility index (Phi) is 4.54. The molecule has 9 nitrogen and oxygen atoms in total. The van der Waals surface area contributed by atoms with E-state index in [-0.39, 0.29) is 25.7 Å². The van der Waals surface area contributed by atoms with Crippen LogP contribution in [0.15, 0.2) is 23.3 Å². The molecule has 26 heavy (non-hydrogen) atoms. The minimum atomic E-state index is -0.943. The van der Waals surface area contributed by atoms with Gasteiger partial charge in [0.2, 0.25) is 12.7 Å². The summed E-state index contributed by atoms with van der Waals surface area (Å²) in [5.41, 5.74) is 2.86. The topological polar surface area (TPSA) is 109 Å². The number of nitrogens with one attached hydrogen (secondary N) is 2. The summed E-state index contributed by atoms with van der Waals surface area (Å²) in [6.45, 7) is 5.17. The third kappa shape index (κ3) is 3.46. The Hall–Kier alpha value is -3.10. The highest BCUT2D eigenvalue weighted by Crippen LogP contribution is 2.32. The van der Waals surface area contributed by atoms with Crippen LogP contribution < -0.4 is 20.2 Å². The van der Waals surface area contributed by atoms with Gasteiger partial charge in [-0.1, -0.05) is 0 Å². The molecule has 1 saturated heterocycles. The van der Waals surface area contributed by atoms with E-state index in [2.05, 4.69) is 15.8 Å². The number of amides is 4. The molecular weight excluding hydrogens is 340 g/mol. The van der Waals surface area contributed by atoms with Crippen LogP contribution in [0.4, 0.5) is 4.79 Å². The first-order valence-electron chi connectivity index (χ1n) is 8.15. The Bertz CT molecular complexity index is 802. The van der Waals surface area contributed by atoms with Gasteiger partial charge < -0.3 is 14.8 Å². The van der Waals surface area contributed by atoms with Crippen molar-refractivity contribution in [2.24, 2.45) is 5.10 Å². The van der Waals surface area contributed by atoms with Crippen LogP contribution in [0.3, 0.4) is 0 Å². The Morgan fingerprint density at radius 1 is 1.31 bits per heavy atom. The van der Waals surface area contributed by atoms with Crippen LogP contribution in [0, 0.1) is 0 Å². The fraction of sp³-hybridized carbons (Fsp3) is 0.412. The summed E-state index contributed by atoms with van der Waals surface area (Å²) in [4.78, 5) is 36.8. The van der Waals surface area contributed by atoms with E-state index in [1.54, 1.807) is 32.9 Å². The van der Waals surface area contributed by atoms with E-state index < -0.39 is 17.5 Å². The van der Waals surface area contributed by atoms with Gasteiger partial charge in [-0.3, -0.25) is 14.5 Å². The van der Waals surface area contributed by atoms with E-state index in [0.29, 0.717) is 17.2 Å². The fourth-order valence-corrected chi connectivity index (χ4v) is 2.62. The summed E-state index contributed by atoms with van der Waals surface area (Å²) in [5.74, 6) is 0.553. The molecule has 1 aromatic carbocycles. The standard InChI is InChI=1S/C17H20N4O5/c1-10(11-4-5-12-13(8-11)26-9-25-12)19-20-14(22)6-7-21-15(23)17(2,3)18-16(21)24/h4-5,8H,6-7,9H2,1-3H3,(H,18,24)(H,20,22)/b19-10-. The molecule has 0 saturated carbocycles. The van der Waals surface area contributed by atoms with Gasteiger partial charge in [0.05, 0.1) is 5.71 Å². The molecule has 0 atom stereocenters. The number of hydrogen-bond donors (Lipinski definition) is 2. The monoisotopic (exact) mass is 360 g/mol. The van der Waals surface area contributed by atoms with Crippen LogP contribution in [-0.4, -0.2) is 47.3 Å². The number of urea groups is 1. The molecular formula is C17H20N4O5. The first-order valence-corrected chi connectivity index (χ1v) is 8.15. The van der Waals surface area contributed by atoms with Gasteiger partial charge in [-0.05, 0) is 39.0 Å². The molecule has 9 heteroatoms. The van der Waals surface area contributed by atoms with Crippen molar-refractivity contribution in [2.45, 2.75) is 32.7 Å². The number of carbonyl (C=O) groups is 3. The first kappa shape index (κ1) is 17.7. The van der Waals surface area contributed by atoms with Gasteiger partial charge in [0.15, 0.2) is 11.5 Å². The molecule has 138 valence electrons. The minimum Gasteiger partial charge on any atom is -0.454 e. The predicted octanol–water partition coefficient (Wildman–Crippen LogP) is 0.976. The Balaban J connectivity index is 1.54. The van der Waals surface area contributed by atoms with Gasteiger partial charge in [-0.25, -0.2) is 10.2 Å². The van der Waals surface area contributed by atoms with E-state index in [4.69, 9.17) is 9.47 Å². The summed E-state index contributed by atoms with van der Waals surface area (Å²) in [7, 11) is 0. The Labute approximate surface area is 150 Å². The average Bonchev–Trinajstić information content (AvgIpc) is 3.13. The highest BCUT2D eigenvalue weighted by Gasteiger charge is 2.43. The van der Waals surface area contributed by atoms with Crippen molar-refractivity contribution in [3.8, 4) is 11.5 Å². The number of nitrogens with zero attached hydrogens (tertiary/aromatic N) is 2. The third-order valence-corrected chi connectivity index (χ3v) is 4.15. The van der Waals surface area contributed by atoms with E-state index in [0.717, 1.165) is 10.5 Å². The number of rotatable bonds is 5. The molecule has 2 N–H and O–H groups in total. The largest absolute Gasteiger partial charge is 0.454 e. The number of benzene rings is 1. The average molecular weight is 360 g/mol. The Morgan fingerprint density at radius 3 is 2.73 bits per heavy atom. The second kappa shape index (κ2) is 6.66. The zero-order valence-corrected chi connectivity index (χ0v) is 14.8. The molecule has 4 amide bonds. The number of ether oxygens (including phenoxy) is 2. The van der Waals surface area contributed by atoms with Gasteiger partial charge in [0, 0.05) is 18.5 Å². The Morgan fingerprint density at radius 2 is 2.04 bits per heavy atom.